The van der Waals surface area contributed by atoms with E-state index in [-0.39, 0.29) is 0 Å². The second kappa shape index (κ2) is 5.31. The summed E-state index contributed by atoms with van der Waals surface area (Å²) in [5, 5.41) is 8.68. The van der Waals surface area contributed by atoms with E-state index in [1.807, 2.05) is 6.07 Å². The normalized spacial score (nSPS) is 18.4. The van der Waals surface area contributed by atoms with E-state index in [0.717, 1.165) is 17.5 Å². The third-order valence-corrected chi connectivity index (χ3v) is 4.09. The Labute approximate surface area is 119 Å². The van der Waals surface area contributed by atoms with Crippen LogP contribution in [0.5, 0.6) is 0 Å². The predicted octanol–water partition coefficient (Wildman–Crippen LogP) is 3.47. The molecule has 0 unspecified atom stereocenters. The number of aryl methyl sites for hydroxylation is 1. The lowest BCUT2D eigenvalue weighted by atomic mass is 10.1. The number of benzene rings is 1. The molecule has 0 amide bonds. The minimum Gasteiger partial charge on any atom is -0.478 e. The lowest BCUT2D eigenvalue weighted by Gasteiger charge is -2.26. The first kappa shape index (κ1) is 13.2. The summed E-state index contributed by atoms with van der Waals surface area (Å²) in [7, 11) is 0. The Morgan fingerprint density at radius 1 is 1.35 bits per heavy atom. The highest BCUT2D eigenvalue weighted by molar-refractivity contribution is 5.85. The highest BCUT2D eigenvalue weighted by Gasteiger charge is 2.34. The van der Waals surface area contributed by atoms with Crippen LogP contribution in [-0.4, -0.2) is 23.7 Å². The van der Waals surface area contributed by atoms with Gasteiger partial charge in [-0.15, -0.1) is 0 Å². The zero-order valence-electron chi connectivity index (χ0n) is 11.9. The molecule has 2 saturated carbocycles. The Kier molecular flexibility index (Phi) is 3.51. The van der Waals surface area contributed by atoms with Crippen LogP contribution in [0.4, 0.5) is 5.69 Å². The van der Waals surface area contributed by atoms with E-state index in [1.54, 1.807) is 6.08 Å². The average Bonchev–Trinajstić information content (AvgIpc) is 3.26. The van der Waals surface area contributed by atoms with Gasteiger partial charge in [0, 0.05) is 24.4 Å². The number of anilines is 1. The summed E-state index contributed by atoms with van der Waals surface area (Å²) >= 11 is 0. The second-order valence-corrected chi connectivity index (χ2v) is 6.04. The van der Waals surface area contributed by atoms with Crippen molar-refractivity contribution < 1.29 is 9.90 Å². The number of aliphatic carboxylic acids is 1. The fraction of sp³-hybridized carbons (Fsp3) is 0.471. The maximum absolute atomic E-state index is 10.6. The third-order valence-electron chi connectivity index (χ3n) is 4.09. The zero-order chi connectivity index (χ0) is 14.1. The summed E-state index contributed by atoms with van der Waals surface area (Å²) in [6, 6.07) is 6.98. The molecule has 106 valence electrons. The molecule has 2 fully saturated rings. The van der Waals surface area contributed by atoms with Crippen LogP contribution >= 0.6 is 0 Å². The van der Waals surface area contributed by atoms with E-state index in [9.17, 15) is 4.79 Å². The van der Waals surface area contributed by atoms with Gasteiger partial charge in [-0.05, 0) is 67.9 Å². The highest BCUT2D eigenvalue weighted by atomic mass is 16.4. The quantitative estimate of drug-likeness (QED) is 0.805. The van der Waals surface area contributed by atoms with Crippen LogP contribution in [0.15, 0.2) is 24.3 Å². The average molecular weight is 271 g/mol. The first-order chi connectivity index (χ1) is 9.63. The molecule has 0 radical (unpaired) electrons. The van der Waals surface area contributed by atoms with E-state index in [0.29, 0.717) is 0 Å². The molecule has 1 aromatic rings. The van der Waals surface area contributed by atoms with Gasteiger partial charge in [-0.25, -0.2) is 4.79 Å². The standard InChI is InChI=1S/C17H21NO2/c1-12-10-13(5-9-17(19)20)4-8-16(12)18(15-6-7-15)11-14-2-3-14/h4-5,8-10,14-15H,2-3,6-7,11H2,1H3,(H,19,20). The van der Waals surface area contributed by atoms with Crippen LogP contribution in [-0.2, 0) is 4.79 Å². The van der Waals surface area contributed by atoms with Crippen molar-refractivity contribution in [3.8, 4) is 0 Å². The van der Waals surface area contributed by atoms with E-state index in [2.05, 4.69) is 24.0 Å². The molecule has 3 heteroatoms. The number of nitrogens with zero attached hydrogens (tertiary/aromatic N) is 1. The van der Waals surface area contributed by atoms with Gasteiger partial charge in [0.05, 0.1) is 0 Å². The van der Waals surface area contributed by atoms with Gasteiger partial charge in [-0.1, -0.05) is 6.07 Å². The number of hydrogen-bond acceptors (Lipinski definition) is 2. The van der Waals surface area contributed by atoms with Crippen molar-refractivity contribution in [3.05, 3.63) is 35.4 Å². The number of carboxylic acid groups (broad SMARTS) is 1. The fourth-order valence-electron chi connectivity index (χ4n) is 2.68. The van der Waals surface area contributed by atoms with Crippen LogP contribution in [0.2, 0.25) is 0 Å². The fourth-order valence-corrected chi connectivity index (χ4v) is 2.68. The lowest BCUT2D eigenvalue weighted by molar-refractivity contribution is -0.131. The van der Waals surface area contributed by atoms with Crippen molar-refractivity contribution in [1.29, 1.82) is 0 Å². The van der Waals surface area contributed by atoms with Gasteiger partial charge in [-0.2, -0.15) is 0 Å². The summed E-state index contributed by atoms with van der Waals surface area (Å²) in [5.74, 6) is -0.0124. The first-order valence-electron chi connectivity index (χ1n) is 7.42. The molecule has 2 aliphatic rings. The minimum atomic E-state index is -0.903. The van der Waals surface area contributed by atoms with Crippen molar-refractivity contribution in [2.24, 2.45) is 5.92 Å². The SMILES string of the molecule is Cc1cc(C=CC(=O)O)ccc1N(CC1CC1)C1CC1. The third kappa shape index (κ3) is 3.21. The van der Waals surface area contributed by atoms with E-state index in [1.165, 1.54) is 49.6 Å². The summed E-state index contributed by atoms with van der Waals surface area (Å²) in [5.41, 5.74) is 3.52. The van der Waals surface area contributed by atoms with Crippen LogP contribution < -0.4 is 4.90 Å². The molecule has 3 rings (SSSR count). The molecular weight excluding hydrogens is 250 g/mol. The van der Waals surface area contributed by atoms with E-state index in [4.69, 9.17) is 5.11 Å². The molecule has 0 aromatic heterocycles. The minimum absolute atomic E-state index is 0.731. The molecule has 0 heterocycles. The lowest BCUT2D eigenvalue weighted by Crippen LogP contribution is -2.28. The molecule has 0 spiro atoms. The zero-order valence-corrected chi connectivity index (χ0v) is 11.9. The molecule has 1 aromatic carbocycles. The maximum Gasteiger partial charge on any atom is 0.328 e. The van der Waals surface area contributed by atoms with Gasteiger partial charge >= 0.3 is 5.97 Å². The van der Waals surface area contributed by atoms with E-state index < -0.39 is 5.97 Å². The van der Waals surface area contributed by atoms with Crippen molar-refractivity contribution in [2.45, 2.75) is 38.6 Å². The van der Waals surface area contributed by atoms with Crippen molar-refractivity contribution in [1.82, 2.24) is 0 Å². The predicted molar refractivity (Wildman–Crippen MR) is 80.9 cm³/mol. The van der Waals surface area contributed by atoms with Crippen molar-refractivity contribution in [2.75, 3.05) is 11.4 Å². The van der Waals surface area contributed by atoms with Crippen LogP contribution in [0.3, 0.4) is 0 Å². The maximum atomic E-state index is 10.6. The van der Waals surface area contributed by atoms with Crippen LogP contribution in [0, 0.1) is 12.8 Å². The molecule has 0 bridgehead atoms. The summed E-state index contributed by atoms with van der Waals surface area (Å²) in [4.78, 5) is 13.1. The Morgan fingerprint density at radius 2 is 2.10 bits per heavy atom. The molecule has 3 nitrogen and oxygen atoms in total. The largest absolute Gasteiger partial charge is 0.478 e. The van der Waals surface area contributed by atoms with Crippen molar-refractivity contribution >= 4 is 17.7 Å². The van der Waals surface area contributed by atoms with Gasteiger partial charge in [0.15, 0.2) is 0 Å². The van der Waals surface area contributed by atoms with Crippen molar-refractivity contribution in [3.63, 3.8) is 0 Å². The van der Waals surface area contributed by atoms with E-state index >= 15 is 0 Å². The molecule has 0 atom stereocenters. The Balaban J connectivity index is 1.79. The molecule has 20 heavy (non-hydrogen) atoms. The molecule has 1 N–H and O–H groups in total. The summed E-state index contributed by atoms with van der Waals surface area (Å²) in [6.45, 7) is 3.31. The van der Waals surface area contributed by atoms with Gasteiger partial charge in [-0.3, -0.25) is 0 Å². The number of carboxylic acids is 1. The smallest absolute Gasteiger partial charge is 0.328 e. The van der Waals surface area contributed by atoms with Gasteiger partial charge in [0.25, 0.3) is 0 Å². The topological polar surface area (TPSA) is 40.5 Å². The first-order valence-corrected chi connectivity index (χ1v) is 7.42. The molecule has 0 aliphatic heterocycles. The highest BCUT2D eigenvalue weighted by Crippen LogP contribution is 2.38. The van der Waals surface area contributed by atoms with Crippen LogP contribution in [0.1, 0.15) is 36.8 Å². The van der Waals surface area contributed by atoms with Gasteiger partial charge < -0.3 is 10.0 Å². The monoisotopic (exact) mass is 271 g/mol. The summed E-state index contributed by atoms with van der Waals surface area (Å²) < 4.78 is 0. The van der Waals surface area contributed by atoms with Crippen LogP contribution in [0.25, 0.3) is 6.08 Å². The summed E-state index contributed by atoms with van der Waals surface area (Å²) in [6.07, 6.45) is 8.22. The Hall–Kier alpha value is -1.77. The number of hydrogen-bond donors (Lipinski definition) is 1. The van der Waals surface area contributed by atoms with Gasteiger partial charge in [0.1, 0.15) is 0 Å². The Bertz CT molecular complexity index is 542. The molecular formula is C17H21NO2. The molecule has 0 saturated heterocycles. The number of rotatable bonds is 6. The molecule has 2 aliphatic carbocycles. The Morgan fingerprint density at radius 3 is 2.65 bits per heavy atom. The van der Waals surface area contributed by atoms with Gasteiger partial charge in [0.2, 0.25) is 0 Å². The second-order valence-electron chi connectivity index (χ2n) is 6.04. The number of carbonyl (C=O) groups is 1.